The highest BCUT2D eigenvalue weighted by Crippen LogP contribution is 2.37. The molecule has 1 aliphatic carbocycles. The van der Waals surface area contributed by atoms with Gasteiger partial charge in [-0.3, -0.25) is 0 Å². The van der Waals surface area contributed by atoms with Crippen LogP contribution in [-0.2, 0) is 6.54 Å². The largest absolute Gasteiger partial charge is 0.368 e. The molecule has 5 rings (SSSR count). The van der Waals surface area contributed by atoms with Gasteiger partial charge in [0, 0.05) is 49.5 Å². The second-order valence-electron chi connectivity index (χ2n) is 9.03. The molecule has 2 aromatic rings. The molecular formula is C24H30ClN7. The average Bonchev–Trinajstić information content (AvgIpc) is 3.14. The van der Waals surface area contributed by atoms with Gasteiger partial charge in [0.05, 0.1) is 12.6 Å². The van der Waals surface area contributed by atoms with Gasteiger partial charge in [-0.25, -0.2) is 4.98 Å². The number of rotatable bonds is 5. The lowest BCUT2D eigenvalue weighted by Crippen LogP contribution is -2.34. The predicted molar refractivity (Wildman–Crippen MR) is 128 cm³/mol. The van der Waals surface area contributed by atoms with Crippen molar-refractivity contribution in [1.82, 2.24) is 29.5 Å². The van der Waals surface area contributed by atoms with E-state index >= 15 is 0 Å². The van der Waals surface area contributed by atoms with Crippen molar-refractivity contribution < 1.29 is 0 Å². The van der Waals surface area contributed by atoms with Gasteiger partial charge in [-0.15, -0.1) is 10.2 Å². The molecule has 0 spiro atoms. The van der Waals surface area contributed by atoms with Crippen LogP contribution in [0.15, 0.2) is 59.4 Å². The Bertz CT molecular complexity index is 1030. The summed E-state index contributed by atoms with van der Waals surface area (Å²) >= 11 is 6.38. The maximum Gasteiger partial charge on any atom is 0.153 e. The fourth-order valence-corrected chi connectivity index (χ4v) is 4.98. The summed E-state index contributed by atoms with van der Waals surface area (Å²) in [5.74, 6) is 3.57. The Balaban J connectivity index is 1.40. The Labute approximate surface area is 194 Å². The van der Waals surface area contributed by atoms with Crippen LogP contribution >= 0.6 is 11.6 Å². The van der Waals surface area contributed by atoms with Crippen LogP contribution in [0.1, 0.15) is 36.5 Å². The molecule has 0 saturated carbocycles. The normalized spacial score (nSPS) is 21.2. The van der Waals surface area contributed by atoms with E-state index in [0.717, 1.165) is 68.1 Å². The lowest BCUT2D eigenvalue weighted by atomic mass is 9.94. The molecule has 7 nitrogen and oxygen atoms in total. The van der Waals surface area contributed by atoms with Crippen molar-refractivity contribution in [2.24, 2.45) is 0 Å². The summed E-state index contributed by atoms with van der Waals surface area (Å²) in [6.07, 6.45) is 12.5. The third kappa shape index (κ3) is 4.32. The van der Waals surface area contributed by atoms with Crippen molar-refractivity contribution in [3.63, 3.8) is 0 Å². The van der Waals surface area contributed by atoms with E-state index in [1.54, 1.807) is 0 Å². The van der Waals surface area contributed by atoms with Gasteiger partial charge in [-0.05, 0) is 56.8 Å². The summed E-state index contributed by atoms with van der Waals surface area (Å²) in [5, 5.41) is 10.2. The standard InChI is InChI=1S/C24H30ClN7/c1-29(2)13-14-30-16-19-15-20(25)6-7-21(19)32-23(17-30)27-28-24(32)18-8-11-31(12-9-18)22-5-3-4-10-26-22/h3-7,10,15-16,18,21H,8-9,11-14,17H2,1-2H3. The van der Waals surface area contributed by atoms with E-state index in [1.165, 1.54) is 5.57 Å². The Morgan fingerprint density at radius 1 is 1.16 bits per heavy atom. The molecule has 1 unspecified atom stereocenters. The average molecular weight is 452 g/mol. The Morgan fingerprint density at radius 3 is 2.75 bits per heavy atom. The molecule has 3 aliphatic rings. The van der Waals surface area contributed by atoms with E-state index in [9.17, 15) is 0 Å². The number of aromatic nitrogens is 4. The zero-order chi connectivity index (χ0) is 22.1. The van der Waals surface area contributed by atoms with E-state index in [1.807, 2.05) is 18.3 Å². The first-order valence-corrected chi connectivity index (χ1v) is 11.7. The molecule has 1 fully saturated rings. The highest BCUT2D eigenvalue weighted by Gasteiger charge is 2.32. The van der Waals surface area contributed by atoms with E-state index in [4.69, 9.17) is 16.7 Å². The Morgan fingerprint density at radius 2 is 2.00 bits per heavy atom. The van der Waals surface area contributed by atoms with Crippen LogP contribution in [0.5, 0.6) is 0 Å². The molecule has 1 saturated heterocycles. The third-order valence-corrected chi connectivity index (χ3v) is 6.73. The second kappa shape index (κ2) is 9.08. The Hall–Kier alpha value is -2.64. The van der Waals surface area contributed by atoms with E-state index < -0.39 is 0 Å². The van der Waals surface area contributed by atoms with Gasteiger partial charge in [0.15, 0.2) is 5.82 Å². The van der Waals surface area contributed by atoms with Crippen LogP contribution in [0.2, 0.25) is 0 Å². The molecule has 2 aromatic heterocycles. The summed E-state index contributed by atoms with van der Waals surface area (Å²) in [6, 6.07) is 6.20. The first kappa shape index (κ1) is 21.2. The second-order valence-corrected chi connectivity index (χ2v) is 9.47. The molecule has 32 heavy (non-hydrogen) atoms. The molecule has 0 amide bonds. The minimum Gasteiger partial charge on any atom is -0.368 e. The van der Waals surface area contributed by atoms with Crippen molar-refractivity contribution in [2.45, 2.75) is 31.3 Å². The summed E-state index contributed by atoms with van der Waals surface area (Å²) < 4.78 is 2.36. The summed E-state index contributed by atoms with van der Waals surface area (Å²) in [4.78, 5) is 11.4. The highest BCUT2D eigenvalue weighted by atomic mass is 35.5. The van der Waals surface area contributed by atoms with Crippen molar-refractivity contribution in [2.75, 3.05) is 45.2 Å². The number of likely N-dealkylation sites (N-methyl/N-ethyl adjacent to an activating group) is 1. The summed E-state index contributed by atoms with van der Waals surface area (Å²) in [7, 11) is 4.21. The minimum atomic E-state index is 0.0932. The van der Waals surface area contributed by atoms with Crippen molar-refractivity contribution in [3.8, 4) is 0 Å². The number of anilines is 1. The van der Waals surface area contributed by atoms with Crippen LogP contribution in [0.4, 0.5) is 5.82 Å². The minimum absolute atomic E-state index is 0.0932. The van der Waals surface area contributed by atoms with Crippen LogP contribution in [0.3, 0.4) is 0 Å². The lowest BCUT2D eigenvalue weighted by molar-refractivity contribution is 0.297. The number of piperidine rings is 1. The van der Waals surface area contributed by atoms with Gasteiger partial charge in [-0.2, -0.15) is 0 Å². The van der Waals surface area contributed by atoms with Crippen LogP contribution < -0.4 is 4.90 Å². The van der Waals surface area contributed by atoms with Gasteiger partial charge in [0.1, 0.15) is 11.6 Å². The molecule has 0 N–H and O–H groups in total. The van der Waals surface area contributed by atoms with Crippen molar-refractivity contribution in [1.29, 1.82) is 0 Å². The third-order valence-electron chi connectivity index (χ3n) is 6.50. The molecule has 1 atom stereocenters. The van der Waals surface area contributed by atoms with E-state index in [0.29, 0.717) is 5.92 Å². The number of allylic oxidation sites excluding steroid dienone is 5. The number of halogens is 1. The Kier molecular flexibility index (Phi) is 6.02. The zero-order valence-corrected chi connectivity index (χ0v) is 19.5. The first-order chi connectivity index (χ1) is 15.6. The first-order valence-electron chi connectivity index (χ1n) is 11.3. The number of hydrogen-bond donors (Lipinski definition) is 0. The van der Waals surface area contributed by atoms with Gasteiger partial charge in [0.25, 0.3) is 0 Å². The van der Waals surface area contributed by atoms with Crippen molar-refractivity contribution >= 4 is 17.4 Å². The maximum absolute atomic E-state index is 6.38. The van der Waals surface area contributed by atoms with Gasteiger partial charge < -0.3 is 19.3 Å². The fourth-order valence-electron chi connectivity index (χ4n) is 4.78. The van der Waals surface area contributed by atoms with E-state index in [-0.39, 0.29) is 6.04 Å². The predicted octanol–water partition coefficient (Wildman–Crippen LogP) is 3.55. The van der Waals surface area contributed by atoms with Gasteiger partial charge in [0.2, 0.25) is 0 Å². The maximum atomic E-state index is 6.38. The summed E-state index contributed by atoms with van der Waals surface area (Å²) in [5.41, 5.74) is 1.20. The van der Waals surface area contributed by atoms with Crippen LogP contribution in [0.25, 0.3) is 0 Å². The molecule has 0 radical (unpaired) electrons. The fraction of sp³-hybridized carbons (Fsp3) is 0.458. The monoisotopic (exact) mass is 451 g/mol. The SMILES string of the molecule is CN(C)CCN1C=C2C=C(Cl)C=CC2n2c(nnc2C2CCN(c3ccccn3)CC2)C1. The zero-order valence-electron chi connectivity index (χ0n) is 18.7. The molecule has 168 valence electrons. The van der Waals surface area contributed by atoms with E-state index in [2.05, 4.69) is 73.9 Å². The molecule has 2 aliphatic heterocycles. The molecular weight excluding hydrogens is 422 g/mol. The van der Waals surface area contributed by atoms with Crippen LogP contribution in [-0.4, -0.2) is 69.8 Å². The number of pyridine rings is 1. The molecule has 8 heteroatoms. The number of fused-ring (bicyclic) bond motifs is 3. The number of nitrogens with zero attached hydrogens (tertiary/aromatic N) is 7. The molecule has 4 heterocycles. The quantitative estimate of drug-likeness (QED) is 0.693. The van der Waals surface area contributed by atoms with Crippen LogP contribution in [0, 0.1) is 0 Å². The number of hydrogen-bond acceptors (Lipinski definition) is 6. The van der Waals surface area contributed by atoms with Gasteiger partial charge >= 0.3 is 0 Å². The molecule has 0 aromatic carbocycles. The topological polar surface area (TPSA) is 53.3 Å². The molecule has 0 bridgehead atoms. The smallest absolute Gasteiger partial charge is 0.153 e. The van der Waals surface area contributed by atoms with Crippen molar-refractivity contribution in [3.05, 3.63) is 71.1 Å². The summed E-state index contributed by atoms with van der Waals surface area (Å²) in [6.45, 7) is 4.63. The lowest BCUT2D eigenvalue weighted by Gasteiger charge is -2.33. The van der Waals surface area contributed by atoms with Gasteiger partial charge in [-0.1, -0.05) is 23.7 Å². The highest BCUT2D eigenvalue weighted by molar-refractivity contribution is 6.31.